The normalized spacial score (nSPS) is 15.0. The molecule has 15 heavy (non-hydrogen) atoms. The summed E-state index contributed by atoms with van der Waals surface area (Å²) in [6.07, 6.45) is 2.03. The lowest BCUT2D eigenvalue weighted by atomic mass is 9.96. The Morgan fingerprint density at radius 1 is 1.40 bits per heavy atom. The van der Waals surface area contributed by atoms with E-state index in [1.165, 1.54) is 0 Å². The Morgan fingerprint density at radius 2 is 2.00 bits per heavy atom. The molecule has 4 heteroatoms. The number of rotatable bonds is 7. The number of carbonyl (C=O) groups excluding carboxylic acids is 1. The molecule has 3 nitrogen and oxygen atoms in total. The Balaban J connectivity index is 4.11. The molecule has 0 aliphatic rings. The third-order valence-electron chi connectivity index (χ3n) is 2.14. The monoisotopic (exact) mass is 234 g/mol. The van der Waals surface area contributed by atoms with E-state index in [9.17, 15) is 9.36 Å². The molecule has 0 fully saturated rings. The van der Waals surface area contributed by atoms with Crippen LogP contribution in [0.1, 0.15) is 33.6 Å². The Labute approximate surface area is 93.4 Å². The number of carbonyl (C=O) groups is 1. The topological polar surface area (TPSA) is 43.4 Å². The van der Waals surface area contributed by atoms with Gasteiger partial charge < -0.3 is 9.30 Å². The van der Waals surface area contributed by atoms with Gasteiger partial charge >= 0.3 is 5.97 Å². The maximum atomic E-state index is 11.3. The molecule has 0 N–H and O–H groups in total. The summed E-state index contributed by atoms with van der Waals surface area (Å²) in [5, 5.41) is 0. The van der Waals surface area contributed by atoms with Gasteiger partial charge in [-0.15, -0.1) is 0 Å². The summed E-state index contributed by atoms with van der Waals surface area (Å²) < 4.78 is 16.1. The van der Waals surface area contributed by atoms with Gasteiger partial charge in [-0.25, -0.2) is 0 Å². The van der Waals surface area contributed by atoms with E-state index in [0.29, 0.717) is 25.1 Å². The standard InChI is InChI=1S/C11H23O3P/c1-5-14-11(12)7-10(6-9(2)3)8-15(4)13/h9-10,15H,5-8H2,1-4H3. The Hall–Kier alpha value is -0.300. The molecule has 2 unspecified atom stereocenters. The summed E-state index contributed by atoms with van der Waals surface area (Å²) in [4.78, 5) is 11.3. The van der Waals surface area contributed by atoms with Gasteiger partial charge in [0.2, 0.25) is 0 Å². The van der Waals surface area contributed by atoms with Gasteiger partial charge in [-0.1, -0.05) is 13.8 Å². The van der Waals surface area contributed by atoms with Crippen LogP contribution in [0.15, 0.2) is 0 Å². The maximum absolute atomic E-state index is 11.3. The highest BCUT2D eigenvalue weighted by molar-refractivity contribution is 7.43. The van der Waals surface area contributed by atoms with Crippen LogP contribution in [-0.4, -0.2) is 25.4 Å². The first-order chi connectivity index (χ1) is 6.95. The van der Waals surface area contributed by atoms with Crippen molar-refractivity contribution in [1.82, 2.24) is 0 Å². The van der Waals surface area contributed by atoms with Gasteiger partial charge in [-0.05, 0) is 31.8 Å². The molecule has 0 amide bonds. The summed E-state index contributed by atoms with van der Waals surface area (Å²) in [6, 6.07) is 0. The fraction of sp³-hybridized carbons (Fsp3) is 0.909. The summed E-state index contributed by atoms with van der Waals surface area (Å²) in [5.41, 5.74) is 0. The second-order valence-corrected chi connectivity index (χ2v) is 6.22. The first kappa shape index (κ1) is 14.7. The number of hydrogen-bond acceptors (Lipinski definition) is 3. The van der Waals surface area contributed by atoms with Gasteiger partial charge in [0.15, 0.2) is 0 Å². The van der Waals surface area contributed by atoms with Gasteiger partial charge in [0.25, 0.3) is 0 Å². The first-order valence-corrected chi connectivity index (χ1v) is 7.72. The third kappa shape index (κ3) is 8.68. The zero-order chi connectivity index (χ0) is 11.8. The molecular formula is C11H23O3P. The zero-order valence-electron chi connectivity index (χ0n) is 10.2. The Bertz CT molecular complexity index is 214. The second-order valence-electron chi connectivity index (χ2n) is 4.41. The summed E-state index contributed by atoms with van der Waals surface area (Å²) in [6.45, 7) is 8.21. The molecular weight excluding hydrogens is 211 g/mol. The van der Waals surface area contributed by atoms with Crippen molar-refractivity contribution in [3.63, 3.8) is 0 Å². The zero-order valence-corrected chi connectivity index (χ0v) is 11.2. The predicted octanol–water partition coefficient (Wildman–Crippen LogP) is 2.79. The molecule has 0 rings (SSSR count). The molecule has 0 spiro atoms. The SMILES string of the molecule is CCOC(=O)CC(CC(C)C)C[PH](C)=O. The van der Waals surface area contributed by atoms with Gasteiger partial charge in [0, 0.05) is 12.6 Å². The molecule has 0 saturated carbocycles. The molecule has 0 saturated heterocycles. The number of ether oxygens (including phenoxy) is 1. The minimum Gasteiger partial charge on any atom is -0.466 e. The van der Waals surface area contributed by atoms with E-state index >= 15 is 0 Å². The van der Waals surface area contributed by atoms with Crippen molar-refractivity contribution >= 4 is 13.8 Å². The quantitative estimate of drug-likeness (QED) is 0.502. The van der Waals surface area contributed by atoms with E-state index in [-0.39, 0.29) is 11.9 Å². The second kappa shape index (κ2) is 7.92. The highest BCUT2D eigenvalue weighted by Gasteiger charge is 2.17. The highest BCUT2D eigenvalue weighted by atomic mass is 31.1. The molecule has 0 radical (unpaired) electrons. The molecule has 0 bridgehead atoms. The first-order valence-electron chi connectivity index (χ1n) is 5.60. The summed E-state index contributed by atoms with van der Waals surface area (Å²) >= 11 is 0. The van der Waals surface area contributed by atoms with Crippen molar-refractivity contribution < 1.29 is 14.1 Å². The van der Waals surface area contributed by atoms with Crippen molar-refractivity contribution in [2.45, 2.75) is 33.6 Å². The molecule has 0 aromatic heterocycles. The average molecular weight is 234 g/mol. The van der Waals surface area contributed by atoms with Crippen LogP contribution < -0.4 is 0 Å². The minimum atomic E-state index is -1.50. The van der Waals surface area contributed by atoms with Crippen LogP contribution in [0.4, 0.5) is 0 Å². The van der Waals surface area contributed by atoms with Crippen molar-refractivity contribution in [3.8, 4) is 0 Å². The van der Waals surface area contributed by atoms with Crippen LogP contribution in [0, 0.1) is 11.8 Å². The third-order valence-corrected chi connectivity index (χ3v) is 3.29. The lowest BCUT2D eigenvalue weighted by Crippen LogP contribution is -2.15. The number of hydrogen-bond donors (Lipinski definition) is 0. The van der Waals surface area contributed by atoms with E-state index in [1.54, 1.807) is 13.6 Å². The molecule has 0 aliphatic heterocycles. The number of esters is 1. The Morgan fingerprint density at radius 3 is 2.40 bits per heavy atom. The molecule has 0 aromatic rings. The van der Waals surface area contributed by atoms with Gasteiger partial charge in [0.05, 0.1) is 14.4 Å². The van der Waals surface area contributed by atoms with Gasteiger partial charge in [-0.2, -0.15) is 0 Å². The Kier molecular flexibility index (Phi) is 7.76. The average Bonchev–Trinajstić information content (AvgIpc) is 2.00. The lowest BCUT2D eigenvalue weighted by molar-refractivity contribution is -0.144. The maximum Gasteiger partial charge on any atom is 0.306 e. The lowest BCUT2D eigenvalue weighted by Gasteiger charge is -2.16. The van der Waals surface area contributed by atoms with Crippen LogP contribution in [0.3, 0.4) is 0 Å². The molecule has 90 valence electrons. The van der Waals surface area contributed by atoms with Gasteiger partial charge in [0.1, 0.15) is 0 Å². The van der Waals surface area contributed by atoms with Crippen LogP contribution in [0.5, 0.6) is 0 Å². The van der Waals surface area contributed by atoms with Crippen molar-refractivity contribution in [3.05, 3.63) is 0 Å². The van der Waals surface area contributed by atoms with Crippen molar-refractivity contribution in [1.29, 1.82) is 0 Å². The summed E-state index contributed by atoms with van der Waals surface area (Å²) in [7, 11) is -1.50. The van der Waals surface area contributed by atoms with Crippen molar-refractivity contribution in [2.75, 3.05) is 19.4 Å². The van der Waals surface area contributed by atoms with Crippen LogP contribution in [0.2, 0.25) is 0 Å². The molecule has 0 heterocycles. The smallest absolute Gasteiger partial charge is 0.306 e. The highest BCUT2D eigenvalue weighted by Crippen LogP contribution is 2.26. The van der Waals surface area contributed by atoms with Crippen LogP contribution in [0.25, 0.3) is 0 Å². The largest absolute Gasteiger partial charge is 0.466 e. The molecule has 2 atom stereocenters. The summed E-state index contributed by atoms with van der Waals surface area (Å²) in [5.74, 6) is 0.595. The van der Waals surface area contributed by atoms with Crippen LogP contribution >= 0.6 is 7.80 Å². The van der Waals surface area contributed by atoms with Gasteiger partial charge in [-0.3, -0.25) is 4.79 Å². The van der Waals surface area contributed by atoms with E-state index in [1.807, 2.05) is 0 Å². The van der Waals surface area contributed by atoms with E-state index in [4.69, 9.17) is 4.74 Å². The molecule has 0 aliphatic carbocycles. The fourth-order valence-corrected chi connectivity index (χ4v) is 2.89. The fourth-order valence-electron chi connectivity index (χ4n) is 1.77. The minimum absolute atomic E-state index is 0.161. The van der Waals surface area contributed by atoms with E-state index < -0.39 is 7.80 Å². The van der Waals surface area contributed by atoms with E-state index in [0.717, 1.165) is 6.42 Å². The van der Waals surface area contributed by atoms with E-state index in [2.05, 4.69) is 13.8 Å². The van der Waals surface area contributed by atoms with Crippen molar-refractivity contribution in [2.24, 2.45) is 11.8 Å². The van der Waals surface area contributed by atoms with Crippen LogP contribution in [-0.2, 0) is 14.1 Å². The molecule has 0 aromatic carbocycles. The predicted molar refractivity (Wildman–Crippen MR) is 64.0 cm³/mol.